The van der Waals surface area contributed by atoms with Crippen LogP contribution in [0, 0.1) is 5.41 Å². The number of aromatic nitrogens is 1. The zero-order valence-corrected chi connectivity index (χ0v) is 12.1. The van der Waals surface area contributed by atoms with Crippen LogP contribution in [0.5, 0.6) is 5.75 Å². The number of hydrogen-bond acceptors (Lipinski definition) is 4. The fraction of sp³-hybridized carbons (Fsp3) is 0.200. The van der Waals surface area contributed by atoms with E-state index in [0.717, 1.165) is 24.4 Å². The van der Waals surface area contributed by atoms with Gasteiger partial charge in [0.05, 0.1) is 17.3 Å². The topological polar surface area (TPSA) is 75.2 Å². The Kier molecular flexibility index (Phi) is 3.66. The van der Waals surface area contributed by atoms with E-state index in [2.05, 4.69) is 4.98 Å². The van der Waals surface area contributed by atoms with Crippen LogP contribution in [0.4, 0.5) is 11.5 Å². The highest BCUT2D eigenvalue weighted by atomic mass is 35.5. The summed E-state index contributed by atoms with van der Waals surface area (Å²) in [7, 11) is 0. The van der Waals surface area contributed by atoms with Gasteiger partial charge in [-0.1, -0.05) is 23.7 Å². The number of nitrogen functional groups attached to an aromatic ring is 1. The van der Waals surface area contributed by atoms with Crippen LogP contribution in [0.25, 0.3) is 0 Å². The number of nitrogens with two attached hydrogens (primary N) is 1. The zero-order chi connectivity index (χ0) is 14.8. The molecule has 3 N–H and O–H groups in total. The third-order valence-corrected chi connectivity index (χ3v) is 3.73. The maximum atomic E-state index is 7.60. The molecule has 0 bridgehead atoms. The number of amidine groups is 1. The van der Waals surface area contributed by atoms with Gasteiger partial charge in [0.15, 0.2) is 5.82 Å². The van der Waals surface area contributed by atoms with E-state index in [4.69, 9.17) is 27.5 Å². The third-order valence-electron chi connectivity index (χ3n) is 3.36. The minimum Gasteiger partial charge on any atom is -0.491 e. The summed E-state index contributed by atoms with van der Waals surface area (Å²) in [6.45, 7) is 1.39. The molecule has 0 aliphatic carbocycles. The molecule has 2 heterocycles. The van der Waals surface area contributed by atoms with Crippen molar-refractivity contribution in [1.29, 1.82) is 5.41 Å². The van der Waals surface area contributed by atoms with Gasteiger partial charge in [-0.25, -0.2) is 4.98 Å². The number of benzene rings is 1. The molecule has 2 aromatic rings. The van der Waals surface area contributed by atoms with E-state index in [1.54, 1.807) is 12.3 Å². The first kappa shape index (κ1) is 13.7. The second-order valence-corrected chi connectivity index (χ2v) is 5.11. The van der Waals surface area contributed by atoms with E-state index in [-0.39, 0.29) is 5.84 Å². The quantitative estimate of drug-likeness (QED) is 0.660. The molecule has 0 unspecified atom stereocenters. The molecule has 5 nitrogen and oxygen atoms in total. The van der Waals surface area contributed by atoms with E-state index in [1.165, 1.54) is 0 Å². The summed E-state index contributed by atoms with van der Waals surface area (Å²) in [5.74, 6) is 1.34. The molecular weight excluding hydrogens is 288 g/mol. The summed E-state index contributed by atoms with van der Waals surface area (Å²) in [5, 5.41) is 7.99. The number of ether oxygens (including phenoxy) is 1. The first-order valence-electron chi connectivity index (χ1n) is 6.67. The molecule has 6 heteroatoms. The molecule has 1 aromatic heterocycles. The average Bonchev–Trinajstić information content (AvgIpc) is 2.69. The lowest BCUT2D eigenvalue weighted by Gasteiger charge is -2.24. The van der Waals surface area contributed by atoms with Crippen LogP contribution in [0.1, 0.15) is 12.0 Å². The van der Waals surface area contributed by atoms with E-state index < -0.39 is 0 Å². The minimum absolute atomic E-state index is 0.0667. The molecule has 0 spiro atoms. The second kappa shape index (κ2) is 5.61. The average molecular weight is 303 g/mol. The minimum atomic E-state index is -0.0667. The predicted molar refractivity (Wildman–Crippen MR) is 83.8 cm³/mol. The SMILES string of the molecule is N=C(N)c1ccnc(N2CCCOc3ccccc32)c1Cl. The van der Waals surface area contributed by atoms with Gasteiger partial charge >= 0.3 is 0 Å². The first-order valence-corrected chi connectivity index (χ1v) is 7.04. The van der Waals surface area contributed by atoms with Crippen LogP contribution in [0.3, 0.4) is 0 Å². The lowest BCUT2D eigenvalue weighted by Crippen LogP contribution is -2.21. The standard InChI is InChI=1S/C15H15ClN4O/c16-13-10(14(17)18)6-7-19-15(13)20-8-3-9-21-12-5-2-1-4-11(12)20/h1-2,4-7H,3,8-9H2,(H3,17,18). The Morgan fingerprint density at radius 2 is 2.14 bits per heavy atom. The van der Waals surface area contributed by atoms with Crippen molar-refractivity contribution in [2.75, 3.05) is 18.1 Å². The van der Waals surface area contributed by atoms with Crippen molar-refractivity contribution >= 4 is 28.9 Å². The molecule has 108 valence electrons. The molecule has 0 amide bonds. The normalized spacial score (nSPS) is 14.0. The van der Waals surface area contributed by atoms with Crippen LogP contribution in [-0.4, -0.2) is 24.0 Å². The van der Waals surface area contributed by atoms with E-state index in [9.17, 15) is 0 Å². The van der Waals surface area contributed by atoms with Crippen molar-refractivity contribution in [2.24, 2.45) is 5.73 Å². The molecule has 1 aromatic carbocycles. The van der Waals surface area contributed by atoms with E-state index in [1.807, 2.05) is 29.2 Å². The van der Waals surface area contributed by atoms with Crippen LogP contribution in [0.2, 0.25) is 5.02 Å². The Bertz CT molecular complexity index is 689. The Hall–Kier alpha value is -2.27. The van der Waals surface area contributed by atoms with Crippen LogP contribution in [-0.2, 0) is 0 Å². The number of pyridine rings is 1. The van der Waals surface area contributed by atoms with Gasteiger partial charge in [0.1, 0.15) is 11.6 Å². The molecule has 0 saturated carbocycles. The molecule has 1 aliphatic heterocycles. The van der Waals surface area contributed by atoms with Gasteiger partial charge in [0.25, 0.3) is 0 Å². The van der Waals surface area contributed by atoms with Gasteiger partial charge in [-0.05, 0) is 24.6 Å². The van der Waals surface area contributed by atoms with E-state index in [0.29, 0.717) is 23.0 Å². The van der Waals surface area contributed by atoms with Gasteiger partial charge < -0.3 is 15.4 Å². The number of halogens is 1. The smallest absolute Gasteiger partial charge is 0.152 e. The molecule has 0 saturated heterocycles. The van der Waals surface area contributed by atoms with Gasteiger partial charge in [-0.15, -0.1) is 0 Å². The number of nitrogens with one attached hydrogen (secondary N) is 1. The second-order valence-electron chi connectivity index (χ2n) is 4.73. The lowest BCUT2D eigenvalue weighted by atomic mass is 10.2. The van der Waals surface area contributed by atoms with Crippen molar-refractivity contribution in [3.05, 3.63) is 47.1 Å². The summed E-state index contributed by atoms with van der Waals surface area (Å²) in [5.41, 5.74) is 6.98. The largest absolute Gasteiger partial charge is 0.491 e. The van der Waals surface area contributed by atoms with Gasteiger partial charge in [0.2, 0.25) is 0 Å². The molecule has 3 rings (SSSR count). The molecule has 1 aliphatic rings. The highest BCUT2D eigenvalue weighted by Gasteiger charge is 2.22. The summed E-state index contributed by atoms with van der Waals surface area (Å²) in [6, 6.07) is 9.43. The summed E-state index contributed by atoms with van der Waals surface area (Å²) >= 11 is 6.39. The number of anilines is 2. The van der Waals surface area contributed by atoms with Crippen molar-refractivity contribution in [3.8, 4) is 5.75 Å². The fourth-order valence-electron chi connectivity index (χ4n) is 2.38. The maximum absolute atomic E-state index is 7.60. The molecule has 0 radical (unpaired) electrons. The summed E-state index contributed by atoms with van der Waals surface area (Å²) in [4.78, 5) is 6.38. The number of hydrogen-bond donors (Lipinski definition) is 2. The lowest BCUT2D eigenvalue weighted by molar-refractivity contribution is 0.322. The highest BCUT2D eigenvalue weighted by molar-refractivity contribution is 6.36. The third kappa shape index (κ3) is 2.52. The summed E-state index contributed by atoms with van der Waals surface area (Å²) < 4.78 is 5.74. The van der Waals surface area contributed by atoms with Crippen LogP contribution < -0.4 is 15.4 Å². The van der Waals surface area contributed by atoms with Gasteiger partial charge in [-0.2, -0.15) is 0 Å². The number of fused-ring (bicyclic) bond motifs is 1. The maximum Gasteiger partial charge on any atom is 0.152 e. The zero-order valence-electron chi connectivity index (χ0n) is 11.3. The van der Waals surface area contributed by atoms with Crippen LogP contribution >= 0.6 is 11.6 Å². The molecule has 21 heavy (non-hydrogen) atoms. The number of rotatable bonds is 2. The summed E-state index contributed by atoms with van der Waals surface area (Å²) in [6.07, 6.45) is 2.48. The van der Waals surface area contributed by atoms with Gasteiger partial charge in [-0.3, -0.25) is 5.41 Å². The van der Waals surface area contributed by atoms with Crippen molar-refractivity contribution in [3.63, 3.8) is 0 Å². The Morgan fingerprint density at radius 3 is 2.95 bits per heavy atom. The fourth-order valence-corrected chi connectivity index (χ4v) is 2.69. The van der Waals surface area contributed by atoms with Crippen LogP contribution in [0.15, 0.2) is 36.5 Å². The van der Waals surface area contributed by atoms with Crippen molar-refractivity contribution < 1.29 is 4.74 Å². The Labute approximate surface area is 127 Å². The Balaban J connectivity index is 2.12. The monoisotopic (exact) mass is 302 g/mol. The molecular formula is C15H15ClN4O. The van der Waals surface area contributed by atoms with Gasteiger partial charge in [0, 0.05) is 18.3 Å². The number of nitrogens with zero attached hydrogens (tertiary/aromatic N) is 2. The van der Waals surface area contributed by atoms with E-state index >= 15 is 0 Å². The van der Waals surface area contributed by atoms with Crippen molar-refractivity contribution in [2.45, 2.75) is 6.42 Å². The van der Waals surface area contributed by atoms with Crippen molar-refractivity contribution in [1.82, 2.24) is 4.98 Å². The predicted octanol–water partition coefficient (Wildman–Crippen LogP) is 2.94. The highest BCUT2D eigenvalue weighted by Crippen LogP contribution is 2.38. The molecule has 0 atom stereocenters. The molecule has 0 fully saturated rings. The number of para-hydroxylation sites is 2. The first-order chi connectivity index (χ1) is 10.2. The Morgan fingerprint density at radius 1 is 1.33 bits per heavy atom.